The van der Waals surface area contributed by atoms with Gasteiger partial charge in [-0.3, -0.25) is 4.79 Å². The Labute approximate surface area is 457 Å². The van der Waals surface area contributed by atoms with Crippen molar-refractivity contribution in [1.82, 2.24) is 5.32 Å². The van der Waals surface area contributed by atoms with Crippen molar-refractivity contribution >= 4 is 5.91 Å². The quantitative estimate of drug-likeness (QED) is 0.0205. The molecule has 434 valence electrons. The second kappa shape index (κ2) is 46.6. The fraction of sp³-hybridized carbons (Fsp3) is 0.694. The molecular weight excluding hydrogens is 967 g/mol. The summed E-state index contributed by atoms with van der Waals surface area (Å²) in [6.07, 6.45) is 48.7. The van der Waals surface area contributed by atoms with Gasteiger partial charge >= 0.3 is 0 Å². The van der Waals surface area contributed by atoms with Crippen LogP contribution in [-0.4, -0.2) is 140 Å². The zero-order chi connectivity index (χ0) is 55.3. The number of ether oxygens (including phenoxy) is 4. The zero-order valence-electron chi connectivity index (χ0n) is 46.4. The predicted molar refractivity (Wildman–Crippen MR) is 304 cm³/mol. The van der Waals surface area contributed by atoms with Gasteiger partial charge in [-0.2, -0.15) is 0 Å². The summed E-state index contributed by atoms with van der Waals surface area (Å²) in [5.41, 5.74) is 0. The molecule has 0 aliphatic carbocycles. The summed E-state index contributed by atoms with van der Waals surface area (Å²) in [6, 6.07) is -0.938. The van der Waals surface area contributed by atoms with Crippen LogP contribution in [0.1, 0.15) is 181 Å². The lowest BCUT2D eigenvalue weighted by atomic mass is 9.97. The highest BCUT2D eigenvalue weighted by atomic mass is 16.7. The highest BCUT2D eigenvalue weighted by Gasteiger charge is 2.51. The SMILES string of the molecule is CC/C=C\C/C=C\C/C=C\C/C=C\C/C=C\C/C=C\C/C=C\CCCCCCCCCCCCCC(=O)NC(COC1OC(CO)C(OC2OC(CO)C(O)C(O)C2O)C(O)C1O)C(O)/C=C/CC/C=C/CCCCC. The minimum Gasteiger partial charge on any atom is -0.394 e. The zero-order valence-corrected chi connectivity index (χ0v) is 46.4. The fourth-order valence-electron chi connectivity index (χ4n) is 8.76. The van der Waals surface area contributed by atoms with Gasteiger partial charge in [0.2, 0.25) is 5.91 Å². The maximum Gasteiger partial charge on any atom is 0.220 e. The maximum atomic E-state index is 13.2. The van der Waals surface area contributed by atoms with E-state index in [1.54, 1.807) is 6.08 Å². The third-order valence-electron chi connectivity index (χ3n) is 13.4. The van der Waals surface area contributed by atoms with E-state index in [9.17, 15) is 45.6 Å². The van der Waals surface area contributed by atoms with Crippen molar-refractivity contribution in [3.63, 3.8) is 0 Å². The van der Waals surface area contributed by atoms with Gasteiger partial charge in [-0.1, -0.05) is 194 Å². The topological polar surface area (TPSA) is 228 Å². The molecule has 2 fully saturated rings. The molecule has 0 bridgehead atoms. The van der Waals surface area contributed by atoms with E-state index < -0.39 is 86.8 Å². The molecule has 76 heavy (non-hydrogen) atoms. The Hall–Kier alpha value is -3.35. The molecule has 0 aromatic carbocycles. The number of carbonyl (C=O) groups excluding carboxylic acids is 1. The van der Waals surface area contributed by atoms with Crippen LogP contribution in [0.4, 0.5) is 0 Å². The van der Waals surface area contributed by atoms with E-state index in [1.807, 2.05) is 6.08 Å². The summed E-state index contributed by atoms with van der Waals surface area (Å²) < 4.78 is 22.7. The number of amides is 1. The lowest BCUT2D eigenvalue weighted by Gasteiger charge is -2.46. The average Bonchev–Trinajstić information content (AvgIpc) is 3.42. The summed E-state index contributed by atoms with van der Waals surface area (Å²) in [6.45, 7) is 2.57. The lowest BCUT2D eigenvalue weighted by molar-refractivity contribution is -0.359. The minimum absolute atomic E-state index is 0.261. The van der Waals surface area contributed by atoms with Crippen LogP contribution in [0.15, 0.2) is 109 Å². The monoisotopic (exact) mass is 1070 g/mol. The molecule has 14 nitrogen and oxygen atoms in total. The summed E-state index contributed by atoms with van der Waals surface area (Å²) in [5.74, 6) is -0.261. The fourth-order valence-corrected chi connectivity index (χ4v) is 8.76. The molecular formula is C62H103NO13. The summed E-state index contributed by atoms with van der Waals surface area (Å²) in [4.78, 5) is 13.2. The van der Waals surface area contributed by atoms with E-state index >= 15 is 0 Å². The van der Waals surface area contributed by atoms with Crippen LogP contribution in [0.25, 0.3) is 0 Å². The van der Waals surface area contributed by atoms with Crippen molar-refractivity contribution in [3.05, 3.63) is 109 Å². The van der Waals surface area contributed by atoms with E-state index in [0.717, 1.165) is 89.9 Å². The van der Waals surface area contributed by atoms with Crippen molar-refractivity contribution in [1.29, 1.82) is 0 Å². The number of aliphatic hydroxyl groups excluding tert-OH is 8. The molecule has 2 rings (SSSR count). The van der Waals surface area contributed by atoms with Crippen molar-refractivity contribution in [2.45, 2.75) is 254 Å². The first-order chi connectivity index (χ1) is 37.1. The predicted octanol–water partition coefficient (Wildman–Crippen LogP) is 9.66. The van der Waals surface area contributed by atoms with Crippen LogP contribution >= 0.6 is 0 Å². The molecule has 2 heterocycles. The van der Waals surface area contributed by atoms with Crippen molar-refractivity contribution < 1.29 is 64.6 Å². The number of carbonyl (C=O) groups is 1. The molecule has 9 N–H and O–H groups in total. The number of nitrogens with one attached hydrogen (secondary N) is 1. The summed E-state index contributed by atoms with van der Waals surface area (Å²) in [7, 11) is 0. The Balaban J connectivity index is 1.64. The van der Waals surface area contributed by atoms with Crippen molar-refractivity contribution in [3.8, 4) is 0 Å². The molecule has 0 aromatic heterocycles. The van der Waals surface area contributed by atoms with Gasteiger partial charge in [-0.05, 0) is 89.9 Å². The Morgan fingerprint density at radius 1 is 0.487 bits per heavy atom. The van der Waals surface area contributed by atoms with Gasteiger partial charge in [0.25, 0.3) is 0 Å². The van der Waals surface area contributed by atoms with Crippen LogP contribution in [0, 0.1) is 0 Å². The van der Waals surface area contributed by atoms with Gasteiger partial charge in [0.1, 0.15) is 48.8 Å². The van der Waals surface area contributed by atoms with E-state index in [-0.39, 0.29) is 18.9 Å². The highest BCUT2D eigenvalue weighted by molar-refractivity contribution is 5.76. The lowest BCUT2D eigenvalue weighted by Crippen LogP contribution is -2.65. The summed E-state index contributed by atoms with van der Waals surface area (Å²) in [5, 5.41) is 86.7. The number of aliphatic hydroxyl groups is 8. The van der Waals surface area contributed by atoms with Crippen molar-refractivity contribution in [2.24, 2.45) is 0 Å². The first-order valence-corrected chi connectivity index (χ1v) is 29.1. The Morgan fingerprint density at radius 2 is 0.921 bits per heavy atom. The molecule has 12 atom stereocenters. The molecule has 12 unspecified atom stereocenters. The Kier molecular flexibility index (Phi) is 42.1. The molecule has 0 saturated carbocycles. The Morgan fingerprint density at radius 3 is 1.45 bits per heavy atom. The maximum absolute atomic E-state index is 13.2. The van der Waals surface area contributed by atoms with Gasteiger partial charge in [0.05, 0.1) is 32.0 Å². The van der Waals surface area contributed by atoms with Gasteiger partial charge in [0, 0.05) is 6.42 Å². The van der Waals surface area contributed by atoms with Crippen LogP contribution in [0.5, 0.6) is 0 Å². The van der Waals surface area contributed by atoms with Gasteiger partial charge in [-0.15, -0.1) is 0 Å². The second-order valence-corrected chi connectivity index (χ2v) is 20.0. The molecule has 1 amide bonds. The smallest absolute Gasteiger partial charge is 0.220 e. The van der Waals surface area contributed by atoms with Gasteiger partial charge in [0.15, 0.2) is 12.6 Å². The Bertz CT molecular complexity index is 1690. The van der Waals surface area contributed by atoms with E-state index in [4.69, 9.17) is 18.9 Å². The molecule has 0 aromatic rings. The van der Waals surface area contributed by atoms with Crippen LogP contribution < -0.4 is 5.32 Å². The van der Waals surface area contributed by atoms with Gasteiger partial charge in [-0.25, -0.2) is 0 Å². The molecule has 0 spiro atoms. The first kappa shape index (κ1) is 68.8. The summed E-state index contributed by atoms with van der Waals surface area (Å²) >= 11 is 0. The molecule has 2 aliphatic rings. The average molecular weight is 1070 g/mol. The first-order valence-electron chi connectivity index (χ1n) is 29.1. The minimum atomic E-state index is -1.79. The van der Waals surface area contributed by atoms with Crippen molar-refractivity contribution in [2.75, 3.05) is 19.8 Å². The molecule has 2 aliphatic heterocycles. The molecule has 14 heteroatoms. The third-order valence-corrected chi connectivity index (χ3v) is 13.4. The van der Waals surface area contributed by atoms with Crippen LogP contribution in [0.2, 0.25) is 0 Å². The van der Waals surface area contributed by atoms with Crippen LogP contribution in [0.3, 0.4) is 0 Å². The standard InChI is InChI=1S/C62H103NO13/c1-3-5-7-9-11-13-14-15-16-17-18-19-20-21-22-23-24-25-26-27-28-29-30-31-32-33-34-35-36-38-40-42-44-46-54(67)63-50(51(66)45-43-41-39-37-12-10-8-6-4-2)49-73-61-59(72)57(70)60(53(48-65)75-61)76-62-58(71)56(69)55(68)52(47-64)74-62/h5,7,11-13,15-16,18-19,21-22,24-25,27-28,37,43,45,50-53,55-62,64-66,68-72H,3-4,6,8-10,14,17,20,23,26,29-36,38-42,44,46-49H2,1-2H3,(H,63,67)/b7-5-,13-11-,16-15-,19-18-,22-21-,25-24-,28-27-,37-12+,45-43+. The largest absolute Gasteiger partial charge is 0.394 e. The van der Waals surface area contributed by atoms with E-state index in [0.29, 0.717) is 12.8 Å². The van der Waals surface area contributed by atoms with E-state index in [1.165, 1.54) is 57.8 Å². The number of rotatable bonds is 44. The van der Waals surface area contributed by atoms with Gasteiger partial charge < -0.3 is 65.1 Å². The number of hydrogen-bond donors (Lipinski definition) is 9. The second-order valence-electron chi connectivity index (χ2n) is 20.0. The normalized spacial score (nSPS) is 25.7. The third kappa shape index (κ3) is 31.9. The molecule has 2 saturated heterocycles. The van der Waals surface area contributed by atoms with E-state index in [2.05, 4.69) is 116 Å². The van der Waals surface area contributed by atoms with Crippen LogP contribution in [-0.2, 0) is 23.7 Å². The highest BCUT2D eigenvalue weighted by Crippen LogP contribution is 2.30. The number of allylic oxidation sites excluding steroid dienone is 17. The molecule has 0 radical (unpaired) electrons. The number of unbranched alkanes of at least 4 members (excludes halogenated alkanes) is 15. The number of hydrogen-bond acceptors (Lipinski definition) is 13.